The van der Waals surface area contributed by atoms with Gasteiger partial charge in [0, 0.05) is 37.6 Å². The average molecular weight is 412 g/mol. The Balaban J connectivity index is 1.48. The van der Waals surface area contributed by atoms with Crippen molar-refractivity contribution in [1.82, 2.24) is 25.1 Å². The van der Waals surface area contributed by atoms with Crippen LogP contribution in [0.5, 0.6) is 0 Å². The number of para-hydroxylation sites is 1. The zero-order chi connectivity index (χ0) is 21.0. The van der Waals surface area contributed by atoms with Crippen molar-refractivity contribution in [1.29, 1.82) is 0 Å². The molecule has 7 heteroatoms. The number of hydrogen-bond acceptors (Lipinski definition) is 6. The molecule has 5 rings (SSSR count). The fourth-order valence-electron chi connectivity index (χ4n) is 3.70. The van der Waals surface area contributed by atoms with Crippen molar-refractivity contribution in [2.24, 2.45) is 0 Å². The van der Waals surface area contributed by atoms with Crippen molar-refractivity contribution in [2.75, 3.05) is 43.4 Å². The Hall–Kier alpha value is -3.71. The molecular weight excluding hydrogens is 386 g/mol. The van der Waals surface area contributed by atoms with Gasteiger partial charge in [-0.05, 0) is 30.8 Å². The van der Waals surface area contributed by atoms with E-state index in [-0.39, 0.29) is 0 Å². The van der Waals surface area contributed by atoms with E-state index in [4.69, 9.17) is 9.97 Å². The van der Waals surface area contributed by atoms with Crippen LogP contribution in [0.25, 0.3) is 23.1 Å². The van der Waals surface area contributed by atoms with Crippen LogP contribution in [0.4, 0.5) is 17.5 Å². The highest BCUT2D eigenvalue weighted by Gasteiger charge is 2.17. The van der Waals surface area contributed by atoms with Crippen LogP contribution in [0.1, 0.15) is 11.4 Å². The van der Waals surface area contributed by atoms with Crippen molar-refractivity contribution >= 4 is 40.5 Å². The first-order chi connectivity index (χ1) is 15.2. The summed E-state index contributed by atoms with van der Waals surface area (Å²) in [6, 6.07) is 20.3. The number of H-pyrrole nitrogens is 1. The van der Waals surface area contributed by atoms with E-state index in [0.29, 0.717) is 5.82 Å². The summed E-state index contributed by atoms with van der Waals surface area (Å²) in [5, 5.41) is 11.9. The third kappa shape index (κ3) is 4.41. The zero-order valence-corrected chi connectivity index (χ0v) is 17.5. The van der Waals surface area contributed by atoms with Gasteiger partial charge in [0.1, 0.15) is 11.6 Å². The van der Waals surface area contributed by atoms with Gasteiger partial charge in [0.2, 0.25) is 0 Å². The first kappa shape index (κ1) is 19.3. The van der Waals surface area contributed by atoms with Crippen LogP contribution >= 0.6 is 0 Å². The summed E-state index contributed by atoms with van der Waals surface area (Å²) in [4.78, 5) is 14.2. The predicted molar refractivity (Wildman–Crippen MR) is 126 cm³/mol. The van der Waals surface area contributed by atoms with Crippen LogP contribution in [0.3, 0.4) is 0 Å². The SMILES string of the molecule is CN1CCN(c2cc(Nc3n[nH]c4ccccc34)nc(C=Cc3ccccc3)n2)CC1. The van der Waals surface area contributed by atoms with Gasteiger partial charge in [-0.25, -0.2) is 9.97 Å². The predicted octanol–water partition coefficient (Wildman–Crippen LogP) is 4.02. The van der Waals surface area contributed by atoms with Crippen LogP contribution in [0, 0.1) is 0 Å². The summed E-state index contributed by atoms with van der Waals surface area (Å²) in [6.07, 6.45) is 4.00. The summed E-state index contributed by atoms with van der Waals surface area (Å²) in [5.74, 6) is 3.09. The van der Waals surface area contributed by atoms with Crippen molar-refractivity contribution in [3.05, 3.63) is 72.1 Å². The fourth-order valence-corrected chi connectivity index (χ4v) is 3.70. The van der Waals surface area contributed by atoms with Gasteiger partial charge in [-0.1, -0.05) is 48.5 Å². The van der Waals surface area contributed by atoms with Gasteiger partial charge < -0.3 is 15.1 Å². The van der Waals surface area contributed by atoms with Crippen molar-refractivity contribution in [3.63, 3.8) is 0 Å². The van der Waals surface area contributed by atoms with E-state index in [2.05, 4.69) is 44.5 Å². The smallest absolute Gasteiger partial charge is 0.161 e. The lowest BCUT2D eigenvalue weighted by Gasteiger charge is -2.33. The number of aromatic nitrogens is 4. The Morgan fingerprint density at radius 3 is 2.52 bits per heavy atom. The van der Waals surface area contributed by atoms with E-state index < -0.39 is 0 Å². The average Bonchev–Trinajstić information content (AvgIpc) is 3.21. The molecule has 0 atom stereocenters. The number of anilines is 3. The van der Waals surface area contributed by atoms with Crippen molar-refractivity contribution in [2.45, 2.75) is 0 Å². The fraction of sp³-hybridized carbons (Fsp3) is 0.208. The van der Waals surface area contributed by atoms with E-state index in [1.54, 1.807) is 0 Å². The molecular formula is C24H25N7. The minimum Gasteiger partial charge on any atom is -0.354 e. The molecule has 1 aliphatic rings. The lowest BCUT2D eigenvalue weighted by atomic mass is 10.2. The van der Waals surface area contributed by atoms with Crippen molar-refractivity contribution < 1.29 is 0 Å². The quantitative estimate of drug-likeness (QED) is 0.517. The molecule has 0 amide bonds. The molecule has 0 spiro atoms. The Bertz CT molecular complexity index is 1190. The monoisotopic (exact) mass is 411 g/mol. The van der Waals surface area contributed by atoms with Gasteiger partial charge in [0.15, 0.2) is 11.6 Å². The highest BCUT2D eigenvalue weighted by Crippen LogP contribution is 2.25. The molecule has 2 aromatic carbocycles. The Morgan fingerprint density at radius 2 is 1.68 bits per heavy atom. The number of likely N-dealkylation sites (N-methyl/N-ethyl adjacent to an activating group) is 1. The first-order valence-electron chi connectivity index (χ1n) is 10.5. The molecule has 31 heavy (non-hydrogen) atoms. The molecule has 0 unspecified atom stereocenters. The van der Waals surface area contributed by atoms with Gasteiger partial charge in [-0.3, -0.25) is 5.10 Å². The van der Waals surface area contributed by atoms with Gasteiger partial charge in [-0.15, -0.1) is 0 Å². The summed E-state index contributed by atoms with van der Waals surface area (Å²) < 4.78 is 0. The number of fused-ring (bicyclic) bond motifs is 1. The second-order valence-corrected chi connectivity index (χ2v) is 7.75. The van der Waals surface area contributed by atoms with E-state index >= 15 is 0 Å². The maximum Gasteiger partial charge on any atom is 0.161 e. The summed E-state index contributed by atoms with van der Waals surface area (Å²) in [6.45, 7) is 3.93. The third-order valence-corrected chi connectivity index (χ3v) is 5.50. The highest BCUT2D eigenvalue weighted by atomic mass is 15.3. The molecule has 0 saturated carbocycles. The molecule has 3 heterocycles. The standard InChI is InChI=1S/C24H25N7/c1-30-13-15-31(16-14-30)23-17-22(27-24-19-9-5-6-10-20(19)28-29-24)25-21(26-23)12-11-18-7-3-2-4-8-18/h2-12,17H,13-16H2,1H3,(H2,25,26,27,28,29). The van der Waals surface area contributed by atoms with Gasteiger partial charge >= 0.3 is 0 Å². The highest BCUT2D eigenvalue weighted by molar-refractivity contribution is 5.91. The zero-order valence-electron chi connectivity index (χ0n) is 17.5. The third-order valence-electron chi connectivity index (χ3n) is 5.50. The summed E-state index contributed by atoms with van der Waals surface area (Å²) >= 11 is 0. The van der Waals surface area contributed by atoms with Crippen LogP contribution in [-0.2, 0) is 0 Å². The number of aromatic amines is 1. The number of rotatable bonds is 5. The van der Waals surface area contributed by atoms with E-state index in [0.717, 1.165) is 60.1 Å². The first-order valence-corrected chi connectivity index (χ1v) is 10.5. The van der Waals surface area contributed by atoms with Crippen LogP contribution < -0.4 is 10.2 Å². The van der Waals surface area contributed by atoms with E-state index in [1.165, 1.54) is 0 Å². The molecule has 0 radical (unpaired) electrons. The normalized spacial score (nSPS) is 15.1. The molecule has 1 aliphatic heterocycles. The molecule has 0 aliphatic carbocycles. The molecule has 7 nitrogen and oxygen atoms in total. The number of nitrogens with zero attached hydrogens (tertiary/aromatic N) is 5. The van der Waals surface area contributed by atoms with Gasteiger partial charge in [0.25, 0.3) is 0 Å². The number of piperazine rings is 1. The second-order valence-electron chi connectivity index (χ2n) is 7.75. The van der Waals surface area contributed by atoms with Crippen molar-refractivity contribution in [3.8, 4) is 0 Å². The lowest BCUT2D eigenvalue weighted by molar-refractivity contribution is 0.312. The van der Waals surface area contributed by atoms with E-state index in [9.17, 15) is 0 Å². The molecule has 1 fully saturated rings. The molecule has 156 valence electrons. The molecule has 2 N–H and O–H groups in total. The summed E-state index contributed by atoms with van der Waals surface area (Å²) in [5.41, 5.74) is 2.10. The largest absolute Gasteiger partial charge is 0.354 e. The second kappa shape index (κ2) is 8.57. The van der Waals surface area contributed by atoms with E-state index in [1.807, 2.05) is 60.7 Å². The maximum absolute atomic E-state index is 4.83. The van der Waals surface area contributed by atoms with Crippen LogP contribution in [0.15, 0.2) is 60.7 Å². The minimum absolute atomic E-state index is 0.669. The number of hydrogen-bond donors (Lipinski definition) is 2. The minimum atomic E-state index is 0.669. The topological polar surface area (TPSA) is 73.0 Å². The van der Waals surface area contributed by atoms with Crippen LogP contribution in [-0.4, -0.2) is 58.3 Å². The molecule has 2 aromatic heterocycles. The summed E-state index contributed by atoms with van der Waals surface area (Å²) in [7, 11) is 2.15. The Morgan fingerprint density at radius 1 is 0.903 bits per heavy atom. The Labute approximate surface area is 181 Å². The van der Waals surface area contributed by atoms with Gasteiger partial charge in [-0.2, -0.15) is 5.10 Å². The number of benzene rings is 2. The van der Waals surface area contributed by atoms with Gasteiger partial charge in [0.05, 0.1) is 5.52 Å². The molecule has 0 bridgehead atoms. The Kier molecular flexibility index (Phi) is 5.33. The van der Waals surface area contributed by atoms with Crippen LogP contribution in [0.2, 0.25) is 0 Å². The molecule has 4 aromatic rings. The maximum atomic E-state index is 4.83. The number of nitrogens with one attached hydrogen (secondary N) is 2. The lowest BCUT2D eigenvalue weighted by Crippen LogP contribution is -2.44. The molecule has 1 saturated heterocycles.